The number of aromatic nitrogens is 4. The first-order chi connectivity index (χ1) is 14.3. The molecule has 0 saturated carbocycles. The number of aryl methyl sites for hydroxylation is 1. The smallest absolute Gasteiger partial charge is 0.329 e. The standard InChI is InChI=1S/C21H25FN6O2/c1-14(2)12-26-8-10-27(11-9-26)20-23-18-17(19(29)24-21(30)25(18)3)28(20)13-15-4-6-16(22)7-5-15/h4-7H,1,8-13H2,2-3H3,(H,24,29,30). The minimum Gasteiger partial charge on any atom is -0.340 e. The highest BCUT2D eigenvalue weighted by molar-refractivity contribution is 5.74. The predicted molar refractivity (Wildman–Crippen MR) is 115 cm³/mol. The minimum atomic E-state index is -0.503. The third-order valence-corrected chi connectivity index (χ3v) is 5.39. The summed E-state index contributed by atoms with van der Waals surface area (Å²) in [4.78, 5) is 36.2. The van der Waals surface area contributed by atoms with Crippen LogP contribution in [0.3, 0.4) is 0 Å². The van der Waals surface area contributed by atoms with Crippen LogP contribution in [0, 0.1) is 5.82 Å². The van der Waals surface area contributed by atoms with Crippen LogP contribution in [0.1, 0.15) is 12.5 Å². The first-order valence-electron chi connectivity index (χ1n) is 9.89. The Labute approximate surface area is 172 Å². The van der Waals surface area contributed by atoms with E-state index in [1.54, 1.807) is 19.2 Å². The minimum absolute atomic E-state index is 0.316. The Balaban J connectivity index is 1.76. The lowest BCUT2D eigenvalue weighted by molar-refractivity contribution is 0.276. The highest BCUT2D eigenvalue weighted by atomic mass is 19.1. The topological polar surface area (TPSA) is 79.2 Å². The number of rotatable bonds is 5. The molecular formula is C21H25FN6O2. The van der Waals surface area contributed by atoms with Crippen LogP contribution in [0.25, 0.3) is 11.2 Å². The van der Waals surface area contributed by atoms with Gasteiger partial charge in [-0.15, -0.1) is 0 Å². The number of hydrogen-bond donors (Lipinski definition) is 1. The summed E-state index contributed by atoms with van der Waals surface area (Å²) in [7, 11) is 1.59. The third kappa shape index (κ3) is 3.80. The molecule has 4 rings (SSSR count). The average Bonchev–Trinajstić information content (AvgIpc) is 3.08. The lowest BCUT2D eigenvalue weighted by Crippen LogP contribution is -2.47. The number of imidazole rings is 1. The zero-order valence-electron chi connectivity index (χ0n) is 17.2. The Hall–Kier alpha value is -3.20. The molecule has 0 atom stereocenters. The van der Waals surface area contributed by atoms with E-state index >= 15 is 0 Å². The molecule has 1 fully saturated rings. The molecule has 1 aliphatic rings. The normalized spacial score (nSPS) is 15.1. The van der Waals surface area contributed by atoms with Crippen LogP contribution in [0.5, 0.6) is 0 Å². The van der Waals surface area contributed by atoms with Gasteiger partial charge >= 0.3 is 5.69 Å². The average molecular weight is 412 g/mol. The second-order valence-electron chi connectivity index (χ2n) is 7.84. The van der Waals surface area contributed by atoms with Crippen molar-refractivity contribution in [3.05, 3.63) is 68.6 Å². The number of anilines is 1. The molecule has 30 heavy (non-hydrogen) atoms. The van der Waals surface area contributed by atoms with Crippen molar-refractivity contribution in [2.75, 3.05) is 37.6 Å². The second-order valence-corrected chi connectivity index (χ2v) is 7.84. The lowest BCUT2D eigenvalue weighted by atomic mass is 10.2. The monoisotopic (exact) mass is 412 g/mol. The Bertz CT molecular complexity index is 1200. The van der Waals surface area contributed by atoms with E-state index in [2.05, 4.69) is 26.3 Å². The number of aromatic amines is 1. The molecule has 1 aromatic carbocycles. The van der Waals surface area contributed by atoms with Crippen molar-refractivity contribution in [3.8, 4) is 0 Å². The molecule has 3 aromatic rings. The van der Waals surface area contributed by atoms with Crippen LogP contribution in [0.2, 0.25) is 0 Å². The molecule has 1 saturated heterocycles. The lowest BCUT2D eigenvalue weighted by Gasteiger charge is -2.35. The molecule has 1 aliphatic heterocycles. The summed E-state index contributed by atoms with van der Waals surface area (Å²) in [5.74, 6) is 0.319. The second kappa shape index (κ2) is 7.91. The fourth-order valence-corrected chi connectivity index (χ4v) is 3.87. The number of piperazine rings is 1. The van der Waals surface area contributed by atoms with Gasteiger partial charge in [0.05, 0.1) is 6.54 Å². The molecule has 0 radical (unpaired) electrons. The molecule has 0 amide bonds. The van der Waals surface area contributed by atoms with E-state index in [4.69, 9.17) is 0 Å². The van der Waals surface area contributed by atoms with E-state index in [0.29, 0.717) is 23.7 Å². The summed E-state index contributed by atoms with van der Waals surface area (Å²) in [6.45, 7) is 10.4. The summed E-state index contributed by atoms with van der Waals surface area (Å²) >= 11 is 0. The number of halogens is 1. The maximum absolute atomic E-state index is 13.3. The van der Waals surface area contributed by atoms with Crippen molar-refractivity contribution < 1.29 is 4.39 Å². The number of hydrogen-bond acceptors (Lipinski definition) is 5. The number of fused-ring (bicyclic) bond motifs is 1. The molecule has 2 aromatic heterocycles. The molecule has 1 N–H and O–H groups in total. The fourth-order valence-electron chi connectivity index (χ4n) is 3.87. The Kier molecular flexibility index (Phi) is 5.29. The fraction of sp³-hybridized carbons (Fsp3) is 0.381. The zero-order valence-corrected chi connectivity index (χ0v) is 17.2. The Morgan fingerprint density at radius 2 is 1.83 bits per heavy atom. The molecule has 0 spiro atoms. The van der Waals surface area contributed by atoms with Crippen LogP contribution in [0.4, 0.5) is 10.3 Å². The van der Waals surface area contributed by atoms with Gasteiger partial charge in [-0.05, 0) is 24.6 Å². The molecule has 0 bridgehead atoms. The molecule has 0 unspecified atom stereocenters. The van der Waals surface area contributed by atoms with Gasteiger partial charge in [0, 0.05) is 39.8 Å². The molecule has 0 aliphatic carbocycles. The van der Waals surface area contributed by atoms with Gasteiger partial charge in [-0.3, -0.25) is 23.8 Å². The van der Waals surface area contributed by atoms with Crippen molar-refractivity contribution in [1.82, 2.24) is 24.0 Å². The van der Waals surface area contributed by atoms with Crippen molar-refractivity contribution in [1.29, 1.82) is 0 Å². The molecular weight excluding hydrogens is 387 g/mol. The Morgan fingerprint density at radius 1 is 1.17 bits per heavy atom. The maximum Gasteiger partial charge on any atom is 0.329 e. The molecule has 158 valence electrons. The Morgan fingerprint density at radius 3 is 2.47 bits per heavy atom. The van der Waals surface area contributed by atoms with Gasteiger partial charge in [0.1, 0.15) is 5.82 Å². The first-order valence-corrected chi connectivity index (χ1v) is 9.89. The predicted octanol–water partition coefficient (Wildman–Crippen LogP) is 1.31. The molecule has 8 nitrogen and oxygen atoms in total. The zero-order chi connectivity index (χ0) is 21.4. The summed E-state index contributed by atoms with van der Waals surface area (Å²) in [6.07, 6.45) is 0. The number of benzene rings is 1. The summed E-state index contributed by atoms with van der Waals surface area (Å²) < 4.78 is 16.5. The number of H-pyrrole nitrogens is 1. The highest BCUT2D eigenvalue weighted by Crippen LogP contribution is 2.22. The van der Waals surface area contributed by atoms with Gasteiger partial charge in [0.2, 0.25) is 5.95 Å². The van der Waals surface area contributed by atoms with Crippen LogP contribution < -0.4 is 16.1 Å². The summed E-state index contributed by atoms with van der Waals surface area (Å²) in [6, 6.07) is 6.16. The van der Waals surface area contributed by atoms with E-state index in [0.717, 1.165) is 43.9 Å². The number of nitrogens with zero attached hydrogens (tertiary/aromatic N) is 5. The van der Waals surface area contributed by atoms with Crippen LogP contribution in [-0.2, 0) is 13.6 Å². The van der Waals surface area contributed by atoms with Crippen molar-refractivity contribution in [2.24, 2.45) is 7.05 Å². The molecule has 9 heteroatoms. The van der Waals surface area contributed by atoms with E-state index in [1.165, 1.54) is 16.7 Å². The van der Waals surface area contributed by atoms with E-state index in [-0.39, 0.29) is 5.82 Å². The van der Waals surface area contributed by atoms with Gasteiger partial charge in [0.25, 0.3) is 5.56 Å². The van der Waals surface area contributed by atoms with Crippen molar-refractivity contribution in [3.63, 3.8) is 0 Å². The highest BCUT2D eigenvalue weighted by Gasteiger charge is 2.25. The molecule has 3 heterocycles. The maximum atomic E-state index is 13.3. The van der Waals surface area contributed by atoms with Gasteiger partial charge in [0.15, 0.2) is 11.2 Å². The van der Waals surface area contributed by atoms with Gasteiger partial charge in [-0.2, -0.15) is 4.98 Å². The summed E-state index contributed by atoms with van der Waals surface area (Å²) in [5, 5.41) is 0. The van der Waals surface area contributed by atoms with E-state index in [9.17, 15) is 14.0 Å². The number of nitrogens with one attached hydrogen (secondary N) is 1. The van der Waals surface area contributed by atoms with Crippen molar-refractivity contribution in [2.45, 2.75) is 13.5 Å². The van der Waals surface area contributed by atoms with Crippen molar-refractivity contribution >= 4 is 17.1 Å². The van der Waals surface area contributed by atoms with Gasteiger partial charge in [-0.1, -0.05) is 24.3 Å². The SMILES string of the molecule is C=C(C)CN1CCN(c2nc3c(c(=O)[nH]c(=O)n3C)n2Cc2ccc(F)cc2)CC1. The quantitative estimate of drug-likeness (QED) is 0.640. The van der Waals surface area contributed by atoms with E-state index in [1.807, 2.05) is 11.5 Å². The van der Waals surface area contributed by atoms with E-state index < -0.39 is 11.2 Å². The largest absolute Gasteiger partial charge is 0.340 e. The van der Waals surface area contributed by atoms with Crippen LogP contribution >= 0.6 is 0 Å². The first kappa shape index (κ1) is 20.1. The summed E-state index contributed by atoms with van der Waals surface area (Å²) in [5.41, 5.74) is 1.65. The van der Waals surface area contributed by atoms with Crippen LogP contribution in [0.15, 0.2) is 46.0 Å². The third-order valence-electron chi connectivity index (χ3n) is 5.39. The van der Waals surface area contributed by atoms with Gasteiger partial charge < -0.3 is 4.90 Å². The van der Waals surface area contributed by atoms with Gasteiger partial charge in [-0.25, -0.2) is 9.18 Å². The van der Waals surface area contributed by atoms with Crippen LogP contribution in [-0.4, -0.2) is 56.7 Å².